The van der Waals surface area contributed by atoms with Crippen molar-refractivity contribution < 1.29 is 9.59 Å². The number of nitrogens with zero attached hydrogens (tertiary/aromatic N) is 4. The minimum atomic E-state index is -0.473. The molecule has 1 aliphatic heterocycles. The Morgan fingerprint density at radius 3 is 3.11 bits per heavy atom. The van der Waals surface area contributed by atoms with Gasteiger partial charge in [-0.25, -0.2) is 4.98 Å². The summed E-state index contributed by atoms with van der Waals surface area (Å²) in [5.74, 6) is -0.487. The predicted molar refractivity (Wildman–Crippen MR) is 103 cm³/mol. The summed E-state index contributed by atoms with van der Waals surface area (Å²) >= 11 is 7.53. The number of hydrogen-bond acceptors (Lipinski definition) is 6. The van der Waals surface area contributed by atoms with Crippen LogP contribution in [0.5, 0.6) is 0 Å². The Labute approximate surface area is 163 Å². The molecular weight excluding hydrogens is 388 g/mol. The van der Waals surface area contributed by atoms with Crippen LogP contribution in [0.1, 0.15) is 12.1 Å². The lowest BCUT2D eigenvalue weighted by Gasteiger charge is -2.23. The van der Waals surface area contributed by atoms with Crippen molar-refractivity contribution >= 4 is 45.4 Å². The van der Waals surface area contributed by atoms with E-state index < -0.39 is 5.92 Å². The summed E-state index contributed by atoms with van der Waals surface area (Å²) in [6.07, 6.45) is 3.71. The Kier molecular flexibility index (Phi) is 4.63. The van der Waals surface area contributed by atoms with Gasteiger partial charge in [-0.2, -0.15) is 5.10 Å². The molecule has 0 aliphatic carbocycles. The number of nitrogens with one attached hydrogen (secondary N) is 2. The Hall–Kier alpha value is -2.78. The van der Waals surface area contributed by atoms with Crippen molar-refractivity contribution in [2.45, 2.75) is 12.8 Å². The number of thiophene rings is 1. The van der Waals surface area contributed by atoms with E-state index in [0.29, 0.717) is 33.5 Å². The van der Waals surface area contributed by atoms with Crippen molar-refractivity contribution in [2.24, 2.45) is 13.0 Å². The number of rotatable bonds is 4. The second kappa shape index (κ2) is 7.09. The van der Waals surface area contributed by atoms with Crippen molar-refractivity contribution in [3.05, 3.63) is 40.8 Å². The van der Waals surface area contributed by atoms with Gasteiger partial charge in [0.2, 0.25) is 11.8 Å². The molecule has 27 heavy (non-hydrogen) atoms. The van der Waals surface area contributed by atoms with Gasteiger partial charge in [-0.1, -0.05) is 11.6 Å². The maximum atomic E-state index is 12.5. The molecule has 0 fully saturated rings. The number of pyridine rings is 1. The van der Waals surface area contributed by atoms with E-state index in [-0.39, 0.29) is 18.2 Å². The first-order chi connectivity index (χ1) is 13.0. The smallest absolute Gasteiger partial charge is 0.228 e. The highest BCUT2D eigenvalue weighted by atomic mass is 35.5. The summed E-state index contributed by atoms with van der Waals surface area (Å²) in [6, 6.07) is 3.57. The van der Waals surface area contributed by atoms with E-state index in [2.05, 4.69) is 25.7 Å². The number of amides is 2. The van der Waals surface area contributed by atoms with Crippen LogP contribution in [0.3, 0.4) is 0 Å². The molecule has 138 valence electrons. The molecular formula is C17H15ClN6O2S. The maximum Gasteiger partial charge on any atom is 0.228 e. The highest BCUT2D eigenvalue weighted by molar-refractivity contribution is 7.15. The molecule has 0 saturated carbocycles. The number of anilines is 2. The van der Waals surface area contributed by atoms with Crippen LogP contribution in [0.25, 0.3) is 11.4 Å². The average Bonchev–Trinajstić information content (AvgIpc) is 3.21. The molecule has 0 spiro atoms. The quantitative estimate of drug-likeness (QED) is 0.698. The zero-order valence-corrected chi connectivity index (χ0v) is 15.8. The lowest BCUT2D eigenvalue weighted by molar-refractivity contribution is -0.125. The molecule has 2 amide bonds. The van der Waals surface area contributed by atoms with E-state index in [1.807, 2.05) is 0 Å². The number of halogens is 1. The standard InChI is InChI=1S/C17H15ClN6O2S/c1-24-8-20-15(23-24)14-10(18)7-27-17(14)22-13(25)6-9-5-12-11(21-16(9)26)3-2-4-19-12/h2-4,7-9H,5-6H2,1H3,(H,21,26)(H,22,25). The molecule has 3 aromatic heterocycles. The van der Waals surface area contributed by atoms with Crippen LogP contribution in [-0.4, -0.2) is 31.6 Å². The third-order valence-electron chi connectivity index (χ3n) is 4.21. The van der Waals surface area contributed by atoms with Gasteiger partial charge in [-0.15, -0.1) is 11.3 Å². The Bertz CT molecular complexity index is 1030. The van der Waals surface area contributed by atoms with Crippen LogP contribution >= 0.6 is 22.9 Å². The Balaban J connectivity index is 1.49. The molecule has 4 heterocycles. The molecule has 0 radical (unpaired) electrons. The summed E-state index contributed by atoms with van der Waals surface area (Å²) < 4.78 is 1.56. The molecule has 2 N–H and O–H groups in total. The third kappa shape index (κ3) is 3.56. The lowest BCUT2D eigenvalue weighted by Crippen LogP contribution is -2.33. The number of aryl methyl sites for hydroxylation is 1. The van der Waals surface area contributed by atoms with Crippen molar-refractivity contribution in [3.8, 4) is 11.4 Å². The first kappa shape index (κ1) is 17.6. The van der Waals surface area contributed by atoms with E-state index in [1.165, 1.54) is 11.3 Å². The molecule has 1 atom stereocenters. The van der Waals surface area contributed by atoms with Gasteiger partial charge in [0.05, 0.1) is 27.9 Å². The van der Waals surface area contributed by atoms with Crippen LogP contribution in [0.15, 0.2) is 30.0 Å². The first-order valence-corrected chi connectivity index (χ1v) is 9.44. The summed E-state index contributed by atoms with van der Waals surface area (Å²) in [4.78, 5) is 33.3. The van der Waals surface area contributed by atoms with Crippen molar-refractivity contribution in [1.82, 2.24) is 19.7 Å². The zero-order valence-electron chi connectivity index (χ0n) is 14.3. The molecule has 1 unspecified atom stereocenters. The lowest BCUT2D eigenvalue weighted by atomic mass is 9.93. The van der Waals surface area contributed by atoms with E-state index in [9.17, 15) is 9.59 Å². The Morgan fingerprint density at radius 1 is 1.48 bits per heavy atom. The predicted octanol–water partition coefficient (Wildman–Crippen LogP) is 2.73. The molecule has 0 bridgehead atoms. The van der Waals surface area contributed by atoms with E-state index in [4.69, 9.17) is 11.6 Å². The fourth-order valence-corrected chi connectivity index (χ4v) is 4.13. The van der Waals surface area contributed by atoms with Crippen molar-refractivity contribution in [1.29, 1.82) is 0 Å². The minimum absolute atomic E-state index is 0.0481. The highest BCUT2D eigenvalue weighted by Crippen LogP contribution is 2.39. The van der Waals surface area contributed by atoms with Gasteiger partial charge in [0.1, 0.15) is 11.3 Å². The molecule has 3 aromatic rings. The maximum absolute atomic E-state index is 12.5. The summed E-state index contributed by atoms with van der Waals surface area (Å²) in [5.41, 5.74) is 2.07. The van der Waals surface area contributed by atoms with Crippen LogP contribution in [0, 0.1) is 5.92 Å². The second-order valence-corrected chi connectivity index (χ2v) is 7.46. The van der Waals surface area contributed by atoms with Crippen LogP contribution in [0.4, 0.5) is 10.7 Å². The molecule has 8 nitrogen and oxygen atoms in total. The van der Waals surface area contributed by atoms with E-state index in [0.717, 1.165) is 5.69 Å². The van der Waals surface area contributed by atoms with Gasteiger partial charge < -0.3 is 10.6 Å². The van der Waals surface area contributed by atoms with Crippen LogP contribution < -0.4 is 10.6 Å². The fraction of sp³-hybridized carbons (Fsp3) is 0.235. The number of aromatic nitrogens is 4. The third-order valence-corrected chi connectivity index (χ3v) is 5.54. The van der Waals surface area contributed by atoms with Gasteiger partial charge in [-0.05, 0) is 12.1 Å². The van der Waals surface area contributed by atoms with Gasteiger partial charge >= 0.3 is 0 Å². The van der Waals surface area contributed by atoms with Gasteiger partial charge in [0.25, 0.3) is 0 Å². The molecule has 0 aromatic carbocycles. The first-order valence-electron chi connectivity index (χ1n) is 8.19. The summed E-state index contributed by atoms with van der Waals surface area (Å²) in [6.45, 7) is 0. The molecule has 1 aliphatic rings. The van der Waals surface area contributed by atoms with Crippen molar-refractivity contribution in [2.75, 3.05) is 10.6 Å². The second-order valence-electron chi connectivity index (χ2n) is 6.17. The normalized spacial score (nSPS) is 15.9. The molecule has 0 saturated heterocycles. The SMILES string of the molecule is Cn1cnc(-c2c(Cl)csc2NC(=O)CC2Cc3ncccc3NC2=O)n1. The number of hydrogen-bond donors (Lipinski definition) is 2. The van der Waals surface area contributed by atoms with Gasteiger partial charge in [0.15, 0.2) is 5.82 Å². The highest BCUT2D eigenvalue weighted by Gasteiger charge is 2.29. The number of carbonyl (C=O) groups excluding carboxylic acids is 2. The Morgan fingerprint density at radius 2 is 2.33 bits per heavy atom. The topological polar surface area (TPSA) is 102 Å². The van der Waals surface area contributed by atoms with Gasteiger partial charge in [-0.3, -0.25) is 19.3 Å². The molecule has 4 rings (SSSR count). The zero-order chi connectivity index (χ0) is 19.0. The largest absolute Gasteiger partial charge is 0.324 e. The molecule has 10 heteroatoms. The van der Waals surface area contributed by atoms with E-state index in [1.54, 1.807) is 41.8 Å². The van der Waals surface area contributed by atoms with Crippen LogP contribution in [0.2, 0.25) is 5.02 Å². The number of carbonyl (C=O) groups is 2. The minimum Gasteiger partial charge on any atom is -0.324 e. The van der Waals surface area contributed by atoms with Gasteiger partial charge in [0, 0.05) is 31.5 Å². The van der Waals surface area contributed by atoms with Crippen molar-refractivity contribution in [3.63, 3.8) is 0 Å². The average molecular weight is 403 g/mol. The monoisotopic (exact) mass is 402 g/mol. The fourth-order valence-electron chi connectivity index (χ4n) is 2.93. The van der Waals surface area contributed by atoms with E-state index >= 15 is 0 Å². The number of fused-ring (bicyclic) bond motifs is 1. The summed E-state index contributed by atoms with van der Waals surface area (Å²) in [5, 5.41) is 12.6. The van der Waals surface area contributed by atoms with Crippen LogP contribution in [-0.2, 0) is 23.1 Å². The summed E-state index contributed by atoms with van der Waals surface area (Å²) in [7, 11) is 1.75.